The van der Waals surface area contributed by atoms with E-state index in [1.807, 2.05) is 0 Å². The van der Waals surface area contributed by atoms with Crippen LogP contribution >= 0.6 is 15.9 Å². The van der Waals surface area contributed by atoms with E-state index in [4.69, 9.17) is 4.74 Å². The summed E-state index contributed by atoms with van der Waals surface area (Å²) in [6.07, 6.45) is 2.19. The van der Waals surface area contributed by atoms with Crippen molar-refractivity contribution in [3.63, 3.8) is 0 Å². The van der Waals surface area contributed by atoms with Gasteiger partial charge in [0, 0.05) is 10.9 Å². The number of rotatable bonds is 5. The van der Waals surface area contributed by atoms with Crippen LogP contribution in [0.4, 0.5) is 0 Å². The molecule has 0 aromatic heterocycles. The Hall–Kier alpha value is -0.830. The van der Waals surface area contributed by atoms with E-state index in [9.17, 15) is 4.79 Å². The summed E-state index contributed by atoms with van der Waals surface area (Å²) in [5.74, 6) is 1.32. The summed E-state index contributed by atoms with van der Waals surface area (Å²) >= 11 is 3.56. The predicted molar refractivity (Wildman–Crippen MR) is 69.2 cm³/mol. The minimum absolute atomic E-state index is 0.448. The van der Waals surface area contributed by atoms with Gasteiger partial charge in [-0.15, -0.1) is 0 Å². The summed E-state index contributed by atoms with van der Waals surface area (Å²) in [7, 11) is 1.66. The van der Waals surface area contributed by atoms with Crippen molar-refractivity contribution in [3.05, 3.63) is 27.7 Å². The van der Waals surface area contributed by atoms with Crippen LogP contribution in [-0.4, -0.2) is 13.4 Å². The van der Waals surface area contributed by atoms with Crippen LogP contribution in [0.3, 0.4) is 0 Å². The van der Waals surface area contributed by atoms with Crippen molar-refractivity contribution < 1.29 is 9.53 Å². The van der Waals surface area contributed by atoms with Gasteiger partial charge in [-0.2, -0.15) is 0 Å². The van der Waals surface area contributed by atoms with Gasteiger partial charge in [-0.1, -0.05) is 29.8 Å². The molecule has 0 heterocycles. The van der Waals surface area contributed by atoms with Crippen LogP contribution in [0.1, 0.15) is 37.3 Å². The summed E-state index contributed by atoms with van der Waals surface area (Å²) < 4.78 is 6.44. The SMILES string of the molecule is COc1cc(C(C)C)c(Br)cc1CCC=O. The Labute approximate surface area is 105 Å². The maximum atomic E-state index is 10.4. The van der Waals surface area contributed by atoms with E-state index in [1.54, 1.807) is 7.11 Å². The fourth-order valence-corrected chi connectivity index (χ4v) is 2.50. The number of methoxy groups -OCH3 is 1. The Morgan fingerprint density at radius 1 is 1.44 bits per heavy atom. The first-order valence-corrected chi connectivity index (χ1v) is 6.19. The summed E-state index contributed by atoms with van der Waals surface area (Å²) in [6, 6.07) is 4.10. The van der Waals surface area contributed by atoms with E-state index in [0.29, 0.717) is 12.3 Å². The van der Waals surface area contributed by atoms with Crippen LogP contribution in [0.2, 0.25) is 0 Å². The maximum absolute atomic E-state index is 10.4. The first kappa shape index (κ1) is 13.2. The van der Waals surface area contributed by atoms with Crippen LogP contribution in [0.25, 0.3) is 0 Å². The molecule has 0 saturated heterocycles. The fraction of sp³-hybridized carbons (Fsp3) is 0.462. The number of halogens is 1. The van der Waals surface area contributed by atoms with Crippen molar-refractivity contribution in [2.24, 2.45) is 0 Å². The third-order valence-electron chi connectivity index (χ3n) is 2.55. The number of carbonyl (C=O) groups excluding carboxylic acids is 1. The average molecular weight is 285 g/mol. The third-order valence-corrected chi connectivity index (χ3v) is 3.24. The van der Waals surface area contributed by atoms with Gasteiger partial charge in [-0.3, -0.25) is 0 Å². The van der Waals surface area contributed by atoms with Gasteiger partial charge in [0.2, 0.25) is 0 Å². The lowest BCUT2D eigenvalue weighted by molar-refractivity contribution is -0.107. The lowest BCUT2D eigenvalue weighted by Crippen LogP contribution is -1.97. The summed E-state index contributed by atoms with van der Waals surface area (Å²) in [5, 5.41) is 0. The van der Waals surface area contributed by atoms with Crippen LogP contribution < -0.4 is 4.74 Å². The topological polar surface area (TPSA) is 26.3 Å². The molecule has 0 saturated carbocycles. The van der Waals surface area contributed by atoms with E-state index in [1.165, 1.54) is 5.56 Å². The molecule has 16 heavy (non-hydrogen) atoms. The normalized spacial score (nSPS) is 10.6. The molecule has 1 aromatic rings. The Morgan fingerprint density at radius 3 is 2.62 bits per heavy atom. The molecular formula is C13H17BrO2. The second kappa shape index (κ2) is 6.04. The lowest BCUT2D eigenvalue weighted by Gasteiger charge is -2.14. The minimum atomic E-state index is 0.448. The minimum Gasteiger partial charge on any atom is -0.496 e. The highest BCUT2D eigenvalue weighted by atomic mass is 79.9. The molecule has 0 amide bonds. The molecule has 2 nitrogen and oxygen atoms in total. The largest absolute Gasteiger partial charge is 0.496 e. The lowest BCUT2D eigenvalue weighted by atomic mass is 9.99. The first-order chi connectivity index (χ1) is 7.60. The molecule has 0 aliphatic carbocycles. The molecule has 0 unspecified atom stereocenters. The zero-order valence-electron chi connectivity index (χ0n) is 9.92. The van der Waals surface area contributed by atoms with Crippen molar-refractivity contribution in [3.8, 4) is 5.75 Å². The first-order valence-electron chi connectivity index (χ1n) is 5.40. The van der Waals surface area contributed by atoms with Crippen molar-refractivity contribution in [1.29, 1.82) is 0 Å². The van der Waals surface area contributed by atoms with Crippen LogP contribution in [0, 0.1) is 0 Å². The maximum Gasteiger partial charge on any atom is 0.122 e. The van der Waals surface area contributed by atoms with Gasteiger partial charge >= 0.3 is 0 Å². The number of ether oxygens (including phenoxy) is 1. The Balaban J connectivity index is 3.10. The third kappa shape index (κ3) is 3.08. The van der Waals surface area contributed by atoms with Gasteiger partial charge in [0.25, 0.3) is 0 Å². The Kier molecular flexibility index (Phi) is 5.00. The van der Waals surface area contributed by atoms with Crippen LogP contribution in [0.5, 0.6) is 5.75 Å². The highest BCUT2D eigenvalue weighted by Crippen LogP contribution is 2.32. The molecule has 0 spiro atoms. The zero-order valence-corrected chi connectivity index (χ0v) is 11.5. The van der Waals surface area contributed by atoms with Crippen LogP contribution in [0.15, 0.2) is 16.6 Å². The molecular weight excluding hydrogens is 268 g/mol. The van der Waals surface area contributed by atoms with Crippen molar-refractivity contribution in [2.45, 2.75) is 32.6 Å². The molecule has 0 atom stereocenters. The van der Waals surface area contributed by atoms with E-state index < -0.39 is 0 Å². The molecule has 0 radical (unpaired) electrons. The highest BCUT2D eigenvalue weighted by Gasteiger charge is 2.11. The van der Waals surface area contributed by atoms with Gasteiger partial charge in [-0.25, -0.2) is 0 Å². The van der Waals surface area contributed by atoms with Crippen molar-refractivity contribution >= 4 is 22.2 Å². The molecule has 3 heteroatoms. The van der Waals surface area contributed by atoms with Gasteiger partial charge < -0.3 is 9.53 Å². The monoisotopic (exact) mass is 284 g/mol. The standard InChI is InChI=1S/C13H17BrO2/c1-9(2)11-8-13(16-3)10(5-4-6-15)7-12(11)14/h6-9H,4-5H2,1-3H3. The predicted octanol–water partition coefficient (Wildman–Crippen LogP) is 3.71. The van der Waals surface area contributed by atoms with E-state index in [0.717, 1.165) is 28.5 Å². The van der Waals surface area contributed by atoms with Crippen molar-refractivity contribution in [1.82, 2.24) is 0 Å². The fourth-order valence-electron chi connectivity index (χ4n) is 1.65. The second-order valence-electron chi connectivity index (χ2n) is 4.05. The molecule has 1 aromatic carbocycles. The summed E-state index contributed by atoms with van der Waals surface area (Å²) in [4.78, 5) is 10.4. The second-order valence-corrected chi connectivity index (χ2v) is 4.90. The summed E-state index contributed by atoms with van der Waals surface area (Å²) in [5.41, 5.74) is 2.30. The number of benzene rings is 1. The molecule has 88 valence electrons. The quantitative estimate of drug-likeness (QED) is 0.771. The molecule has 0 fully saturated rings. The number of carbonyl (C=O) groups is 1. The molecule has 0 aliphatic heterocycles. The number of hydrogen-bond donors (Lipinski definition) is 0. The van der Waals surface area contributed by atoms with Crippen LogP contribution in [-0.2, 0) is 11.2 Å². The van der Waals surface area contributed by atoms with E-state index in [2.05, 4.69) is 41.9 Å². The van der Waals surface area contributed by atoms with Gasteiger partial charge in [0.1, 0.15) is 12.0 Å². The van der Waals surface area contributed by atoms with Gasteiger partial charge in [0.05, 0.1) is 7.11 Å². The molecule has 0 aliphatic rings. The highest BCUT2D eigenvalue weighted by molar-refractivity contribution is 9.10. The number of aryl methyl sites for hydroxylation is 1. The van der Waals surface area contributed by atoms with Gasteiger partial charge in [-0.05, 0) is 35.6 Å². The average Bonchev–Trinajstić information content (AvgIpc) is 2.25. The zero-order chi connectivity index (χ0) is 12.1. The Bertz CT molecular complexity index is 372. The molecule has 0 N–H and O–H groups in total. The summed E-state index contributed by atoms with van der Waals surface area (Å²) in [6.45, 7) is 4.29. The Morgan fingerprint density at radius 2 is 2.12 bits per heavy atom. The van der Waals surface area contributed by atoms with E-state index in [-0.39, 0.29) is 0 Å². The number of aldehydes is 1. The number of hydrogen-bond acceptors (Lipinski definition) is 2. The smallest absolute Gasteiger partial charge is 0.122 e. The van der Waals surface area contributed by atoms with Gasteiger partial charge in [0.15, 0.2) is 0 Å². The van der Waals surface area contributed by atoms with E-state index >= 15 is 0 Å². The van der Waals surface area contributed by atoms with Crippen molar-refractivity contribution in [2.75, 3.05) is 7.11 Å². The molecule has 1 rings (SSSR count). The molecule has 0 bridgehead atoms.